The van der Waals surface area contributed by atoms with E-state index in [4.69, 9.17) is 9.47 Å². The topological polar surface area (TPSA) is 88.9 Å². The molecule has 156 valence electrons. The van der Waals surface area contributed by atoms with Crippen LogP contribution < -0.4 is 9.47 Å². The van der Waals surface area contributed by atoms with Crippen molar-refractivity contribution in [2.45, 2.75) is 20.3 Å². The van der Waals surface area contributed by atoms with Crippen LogP contribution in [0.5, 0.6) is 17.2 Å². The third-order valence-electron chi connectivity index (χ3n) is 4.37. The molecule has 0 atom stereocenters. The van der Waals surface area contributed by atoms with Gasteiger partial charge >= 0.3 is 5.97 Å². The van der Waals surface area contributed by atoms with E-state index in [1.54, 1.807) is 12.1 Å². The molecule has 6 nitrogen and oxygen atoms in total. The van der Waals surface area contributed by atoms with Crippen LogP contribution in [0, 0.1) is 0 Å². The van der Waals surface area contributed by atoms with Crippen LogP contribution in [0.15, 0.2) is 48.4 Å². The van der Waals surface area contributed by atoms with Gasteiger partial charge in [-0.15, -0.1) is 17.9 Å². The number of allylic oxidation sites excluding steroid dienone is 1. The lowest BCUT2D eigenvalue weighted by atomic mass is 10.0. The summed E-state index contributed by atoms with van der Waals surface area (Å²) in [5.74, 6) is -0.101. The van der Waals surface area contributed by atoms with Crippen LogP contribution in [0.4, 0.5) is 0 Å². The molecule has 0 aliphatic heterocycles. The lowest BCUT2D eigenvalue weighted by Gasteiger charge is -2.11. The molecule has 1 heterocycles. The molecule has 0 amide bonds. The maximum atomic E-state index is 11.5. The third-order valence-corrected chi connectivity index (χ3v) is 5.27. The Bertz CT molecular complexity index is 1070. The standard InChI is InChI=1S/C23H23NO5S/c1-4-7-14-10-16(11-17(21(14)25)23(26)27)18-13-30-22(24-18)15-8-9-19(28-5-2)20(12-15)29-6-3/h4,8-13,25H,1,5-7H2,2-3H3,(H,26,27). The van der Waals surface area contributed by atoms with Crippen LogP contribution in [0.1, 0.15) is 29.8 Å². The van der Waals surface area contributed by atoms with Crippen LogP contribution in [0.3, 0.4) is 0 Å². The van der Waals surface area contributed by atoms with E-state index >= 15 is 0 Å². The summed E-state index contributed by atoms with van der Waals surface area (Å²) < 4.78 is 11.3. The quantitative estimate of drug-likeness (QED) is 0.446. The Morgan fingerprint density at radius 1 is 1.13 bits per heavy atom. The van der Waals surface area contributed by atoms with Gasteiger partial charge < -0.3 is 19.7 Å². The first kappa shape index (κ1) is 21.4. The minimum absolute atomic E-state index is 0.154. The highest BCUT2D eigenvalue weighted by atomic mass is 32.1. The summed E-state index contributed by atoms with van der Waals surface area (Å²) in [7, 11) is 0. The average molecular weight is 426 g/mol. The molecule has 1 aromatic heterocycles. The molecule has 2 aromatic carbocycles. The number of carbonyl (C=O) groups is 1. The predicted molar refractivity (Wildman–Crippen MR) is 118 cm³/mol. The molecular formula is C23H23NO5S. The van der Waals surface area contributed by atoms with Gasteiger partial charge in [-0.25, -0.2) is 9.78 Å². The second kappa shape index (κ2) is 9.45. The molecule has 0 bridgehead atoms. The normalized spacial score (nSPS) is 10.6. The summed E-state index contributed by atoms with van der Waals surface area (Å²) in [5.41, 5.74) is 2.48. The van der Waals surface area contributed by atoms with Gasteiger partial charge in [-0.2, -0.15) is 0 Å². The number of aromatic hydroxyl groups is 1. The molecule has 0 saturated carbocycles. The number of aromatic carboxylic acids is 1. The van der Waals surface area contributed by atoms with Crippen molar-refractivity contribution in [3.05, 3.63) is 59.5 Å². The molecule has 0 aliphatic rings. The number of rotatable bonds is 9. The number of phenols is 1. The van der Waals surface area contributed by atoms with E-state index in [2.05, 4.69) is 11.6 Å². The highest BCUT2D eigenvalue weighted by Crippen LogP contribution is 2.37. The summed E-state index contributed by atoms with van der Waals surface area (Å²) in [4.78, 5) is 16.2. The molecule has 0 fully saturated rings. The molecule has 2 N–H and O–H groups in total. The van der Waals surface area contributed by atoms with Crippen LogP contribution in [0.2, 0.25) is 0 Å². The molecule has 0 saturated heterocycles. The van der Waals surface area contributed by atoms with Crippen LogP contribution in [-0.4, -0.2) is 34.4 Å². The lowest BCUT2D eigenvalue weighted by molar-refractivity contribution is 0.0693. The maximum Gasteiger partial charge on any atom is 0.339 e. The van der Waals surface area contributed by atoms with Gasteiger partial charge in [-0.3, -0.25) is 0 Å². The molecule has 7 heteroatoms. The van der Waals surface area contributed by atoms with E-state index in [9.17, 15) is 15.0 Å². The van der Waals surface area contributed by atoms with Crippen molar-refractivity contribution in [2.24, 2.45) is 0 Å². The van der Waals surface area contributed by atoms with Gasteiger partial charge in [0.05, 0.1) is 18.9 Å². The van der Waals surface area contributed by atoms with Gasteiger partial charge in [0.1, 0.15) is 16.3 Å². The number of thiazole rings is 1. The van der Waals surface area contributed by atoms with Gasteiger partial charge in [0.25, 0.3) is 0 Å². The van der Waals surface area contributed by atoms with Crippen LogP contribution >= 0.6 is 11.3 Å². The number of hydrogen-bond acceptors (Lipinski definition) is 6. The Morgan fingerprint density at radius 2 is 1.87 bits per heavy atom. The first-order valence-electron chi connectivity index (χ1n) is 9.54. The zero-order chi connectivity index (χ0) is 21.7. The summed E-state index contributed by atoms with van der Waals surface area (Å²) in [6, 6.07) is 8.84. The maximum absolute atomic E-state index is 11.5. The van der Waals surface area contributed by atoms with Crippen LogP contribution in [0.25, 0.3) is 21.8 Å². The number of benzene rings is 2. The minimum Gasteiger partial charge on any atom is -0.507 e. The van der Waals surface area contributed by atoms with E-state index in [1.807, 2.05) is 37.4 Å². The van der Waals surface area contributed by atoms with E-state index < -0.39 is 5.97 Å². The Balaban J connectivity index is 2.01. The van der Waals surface area contributed by atoms with Crippen molar-refractivity contribution < 1.29 is 24.5 Å². The van der Waals surface area contributed by atoms with E-state index in [0.717, 1.165) is 10.6 Å². The SMILES string of the molecule is C=CCc1cc(-c2csc(-c3ccc(OCC)c(OCC)c3)n2)cc(C(=O)O)c1O. The van der Waals surface area contributed by atoms with Gasteiger partial charge in [0.2, 0.25) is 0 Å². The summed E-state index contributed by atoms with van der Waals surface area (Å²) in [5, 5.41) is 22.3. The zero-order valence-electron chi connectivity index (χ0n) is 16.8. The fourth-order valence-corrected chi connectivity index (χ4v) is 3.87. The van der Waals surface area contributed by atoms with Gasteiger partial charge in [0.15, 0.2) is 11.5 Å². The monoisotopic (exact) mass is 425 g/mol. The fraction of sp³-hybridized carbons (Fsp3) is 0.217. The van der Waals surface area contributed by atoms with E-state index in [-0.39, 0.29) is 11.3 Å². The molecule has 30 heavy (non-hydrogen) atoms. The van der Waals surface area contributed by atoms with Crippen molar-refractivity contribution in [1.82, 2.24) is 4.98 Å². The van der Waals surface area contributed by atoms with Crippen molar-refractivity contribution in [1.29, 1.82) is 0 Å². The molecule has 0 radical (unpaired) electrons. The smallest absolute Gasteiger partial charge is 0.339 e. The van der Waals surface area contributed by atoms with E-state index in [1.165, 1.54) is 17.4 Å². The van der Waals surface area contributed by atoms with Gasteiger partial charge in [-0.1, -0.05) is 6.08 Å². The Morgan fingerprint density at radius 3 is 2.53 bits per heavy atom. The second-order valence-electron chi connectivity index (χ2n) is 6.39. The van der Waals surface area contributed by atoms with Crippen molar-refractivity contribution >= 4 is 17.3 Å². The summed E-state index contributed by atoms with van der Waals surface area (Å²) in [6.45, 7) is 8.56. The van der Waals surface area contributed by atoms with E-state index in [0.29, 0.717) is 48.0 Å². The second-order valence-corrected chi connectivity index (χ2v) is 7.25. The van der Waals surface area contributed by atoms with Crippen molar-refractivity contribution in [3.63, 3.8) is 0 Å². The van der Waals surface area contributed by atoms with Crippen molar-refractivity contribution in [3.8, 4) is 39.1 Å². The van der Waals surface area contributed by atoms with Crippen LogP contribution in [-0.2, 0) is 6.42 Å². The zero-order valence-corrected chi connectivity index (χ0v) is 17.7. The number of carboxylic acid groups (broad SMARTS) is 1. The van der Waals surface area contributed by atoms with Crippen molar-refractivity contribution in [2.75, 3.05) is 13.2 Å². The minimum atomic E-state index is -1.19. The number of ether oxygens (including phenoxy) is 2. The van der Waals surface area contributed by atoms with Gasteiger partial charge in [0, 0.05) is 16.5 Å². The molecule has 3 rings (SSSR count). The summed E-state index contributed by atoms with van der Waals surface area (Å²) >= 11 is 1.44. The molecule has 0 unspecified atom stereocenters. The number of aromatic nitrogens is 1. The van der Waals surface area contributed by atoms with Gasteiger partial charge in [-0.05, 0) is 56.2 Å². The molecule has 0 spiro atoms. The largest absolute Gasteiger partial charge is 0.507 e. The predicted octanol–water partition coefficient (Wildman–Crippen LogP) is 5.41. The molecule has 0 aliphatic carbocycles. The lowest BCUT2D eigenvalue weighted by Crippen LogP contribution is -2.00. The first-order valence-corrected chi connectivity index (χ1v) is 10.4. The number of nitrogens with zero attached hydrogens (tertiary/aromatic N) is 1. The average Bonchev–Trinajstić information content (AvgIpc) is 3.21. The summed E-state index contributed by atoms with van der Waals surface area (Å²) in [6.07, 6.45) is 1.97. The third kappa shape index (κ3) is 4.46. The highest BCUT2D eigenvalue weighted by Gasteiger charge is 2.18. The first-order chi connectivity index (χ1) is 14.5. The Hall–Kier alpha value is -3.32. The molecule has 3 aromatic rings. The fourth-order valence-electron chi connectivity index (χ4n) is 3.04. The Labute approximate surface area is 179 Å². The molecular weight excluding hydrogens is 402 g/mol. The Kier molecular flexibility index (Phi) is 6.74. The number of hydrogen-bond donors (Lipinski definition) is 2. The number of carboxylic acids is 1. The highest BCUT2D eigenvalue weighted by molar-refractivity contribution is 7.13.